The molecule has 1 aliphatic rings. The molecule has 0 saturated heterocycles. The second kappa shape index (κ2) is 7.21. The van der Waals surface area contributed by atoms with Gasteiger partial charge in [0.1, 0.15) is 0 Å². The smallest absolute Gasteiger partial charge is 0.413 e. The molecular weight excluding hydrogens is 290 g/mol. The lowest BCUT2D eigenvalue weighted by atomic mass is 10.1. The number of hydrogen-bond acceptors (Lipinski definition) is 5. The molecule has 0 atom stereocenters. The van der Waals surface area contributed by atoms with Crippen LogP contribution in [0.5, 0.6) is 0 Å². The number of carbonyl (C=O) groups is 2. The minimum atomic E-state index is -0.498. The van der Waals surface area contributed by atoms with Crippen LogP contribution in [0.15, 0.2) is 12.7 Å². The normalized spacial score (nSPS) is 13.5. The van der Waals surface area contributed by atoms with Gasteiger partial charge in [0.05, 0.1) is 18.8 Å². The second-order valence-electron chi connectivity index (χ2n) is 4.63. The average molecular weight is 309 g/mol. The summed E-state index contributed by atoms with van der Waals surface area (Å²) in [5, 5.41) is 3.13. The van der Waals surface area contributed by atoms with Gasteiger partial charge in [-0.15, -0.1) is 6.58 Å². The number of allylic oxidation sites excluding steroid dienone is 1. The molecule has 2 heterocycles. The summed E-state index contributed by atoms with van der Waals surface area (Å²) in [4.78, 5) is 30.6. The molecule has 0 saturated carbocycles. The summed E-state index contributed by atoms with van der Waals surface area (Å²) in [6.07, 6.45) is 3.16. The van der Waals surface area contributed by atoms with Crippen molar-refractivity contribution in [1.29, 1.82) is 0 Å². The maximum Gasteiger partial charge on any atom is 0.413 e. The Hall–Kier alpha value is -1.89. The lowest BCUT2D eigenvalue weighted by Crippen LogP contribution is -2.35. The standard InChI is InChI=1S/C14H19N3O3S/c1-3-5-6-12(18)17-8-7-10-11(9-17)21-13(15-10)16-14(19)20-4-2/h3H,1,4-9H2,2H3,(H,15,16,19). The summed E-state index contributed by atoms with van der Waals surface area (Å²) in [6.45, 7) is 6.94. The zero-order valence-electron chi connectivity index (χ0n) is 12.1. The van der Waals surface area contributed by atoms with E-state index >= 15 is 0 Å². The molecule has 0 unspecified atom stereocenters. The van der Waals surface area contributed by atoms with Crippen LogP contribution in [0.2, 0.25) is 0 Å². The van der Waals surface area contributed by atoms with Crippen LogP contribution < -0.4 is 5.32 Å². The summed E-state index contributed by atoms with van der Waals surface area (Å²) >= 11 is 1.40. The topological polar surface area (TPSA) is 71.5 Å². The lowest BCUT2D eigenvalue weighted by Gasteiger charge is -2.25. The molecule has 7 heteroatoms. The Kier molecular flexibility index (Phi) is 5.32. The van der Waals surface area contributed by atoms with Gasteiger partial charge < -0.3 is 9.64 Å². The molecule has 0 radical (unpaired) electrons. The number of carbonyl (C=O) groups excluding carboxylic acids is 2. The van der Waals surface area contributed by atoms with Crippen LogP contribution in [0.25, 0.3) is 0 Å². The van der Waals surface area contributed by atoms with E-state index in [1.807, 2.05) is 4.90 Å². The molecule has 0 bridgehead atoms. The molecule has 0 aliphatic carbocycles. The number of nitrogens with one attached hydrogen (secondary N) is 1. The molecule has 0 aromatic carbocycles. The van der Waals surface area contributed by atoms with Crippen LogP contribution >= 0.6 is 11.3 Å². The molecule has 2 rings (SSSR count). The SMILES string of the molecule is C=CCCC(=O)N1CCc2nc(NC(=O)OCC)sc2C1. The Morgan fingerprint density at radius 2 is 2.38 bits per heavy atom. The summed E-state index contributed by atoms with van der Waals surface area (Å²) < 4.78 is 4.82. The number of ether oxygens (including phenoxy) is 1. The average Bonchev–Trinajstić information content (AvgIpc) is 2.85. The Labute approximate surface area is 127 Å². The van der Waals surface area contributed by atoms with Crippen molar-refractivity contribution in [3.05, 3.63) is 23.2 Å². The largest absolute Gasteiger partial charge is 0.450 e. The number of nitrogens with zero attached hydrogens (tertiary/aromatic N) is 2. The first-order chi connectivity index (χ1) is 10.1. The summed E-state index contributed by atoms with van der Waals surface area (Å²) in [7, 11) is 0. The fraction of sp³-hybridized carbons (Fsp3) is 0.500. The Morgan fingerprint density at radius 3 is 3.10 bits per heavy atom. The van der Waals surface area contributed by atoms with Gasteiger partial charge in [0.15, 0.2) is 5.13 Å². The van der Waals surface area contributed by atoms with Crippen molar-refractivity contribution in [3.63, 3.8) is 0 Å². The minimum Gasteiger partial charge on any atom is -0.450 e. The molecule has 1 aromatic heterocycles. The van der Waals surface area contributed by atoms with Gasteiger partial charge in [-0.05, 0) is 13.3 Å². The Balaban J connectivity index is 1.97. The van der Waals surface area contributed by atoms with E-state index < -0.39 is 6.09 Å². The quantitative estimate of drug-likeness (QED) is 0.849. The van der Waals surface area contributed by atoms with Crippen molar-refractivity contribution < 1.29 is 14.3 Å². The highest BCUT2D eigenvalue weighted by molar-refractivity contribution is 7.15. The molecule has 1 aromatic rings. The van der Waals surface area contributed by atoms with Gasteiger partial charge in [-0.2, -0.15) is 0 Å². The van der Waals surface area contributed by atoms with Gasteiger partial charge in [-0.3, -0.25) is 10.1 Å². The third-order valence-electron chi connectivity index (χ3n) is 3.13. The Morgan fingerprint density at radius 1 is 1.57 bits per heavy atom. The fourth-order valence-corrected chi connectivity index (χ4v) is 3.11. The molecule has 0 spiro atoms. The van der Waals surface area contributed by atoms with Gasteiger partial charge >= 0.3 is 6.09 Å². The molecule has 21 heavy (non-hydrogen) atoms. The molecule has 2 amide bonds. The molecule has 6 nitrogen and oxygen atoms in total. The number of aromatic nitrogens is 1. The van der Waals surface area contributed by atoms with Crippen LogP contribution in [0.1, 0.15) is 30.3 Å². The second-order valence-corrected chi connectivity index (χ2v) is 5.71. The first-order valence-corrected chi connectivity index (χ1v) is 7.76. The van der Waals surface area contributed by atoms with Crippen molar-refractivity contribution in [2.75, 3.05) is 18.5 Å². The van der Waals surface area contributed by atoms with E-state index in [9.17, 15) is 9.59 Å². The first kappa shape index (κ1) is 15.5. The van der Waals surface area contributed by atoms with E-state index in [1.54, 1.807) is 13.0 Å². The first-order valence-electron chi connectivity index (χ1n) is 6.95. The van der Waals surface area contributed by atoms with E-state index in [0.717, 1.165) is 17.0 Å². The maximum atomic E-state index is 12.0. The van der Waals surface area contributed by atoms with E-state index in [2.05, 4.69) is 16.9 Å². The molecule has 114 valence electrons. The van der Waals surface area contributed by atoms with Crippen molar-refractivity contribution in [3.8, 4) is 0 Å². The predicted octanol–water partition coefficient (Wildman–Crippen LogP) is 2.56. The predicted molar refractivity (Wildman–Crippen MR) is 81.3 cm³/mol. The van der Waals surface area contributed by atoms with Crippen LogP contribution in [-0.2, 0) is 22.5 Å². The third-order valence-corrected chi connectivity index (χ3v) is 4.13. The number of amides is 2. The van der Waals surface area contributed by atoms with Crippen LogP contribution in [0.3, 0.4) is 0 Å². The number of hydrogen-bond donors (Lipinski definition) is 1. The highest BCUT2D eigenvalue weighted by Gasteiger charge is 2.24. The van der Waals surface area contributed by atoms with Crippen molar-refractivity contribution in [1.82, 2.24) is 9.88 Å². The fourth-order valence-electron chi connectivity index (χ4n) is 2.10. The van der Waals surface area contributed by atoms with E-state index in [0.29, 0.717) is 37.7 Å². The molecule has 1 N–H and O–H groups in total. The minimum absolute atomic E-state index is 0.133. The number of rotatable bonds is 5. The summed E-state index contributed by atoms with van der Waals surface area (Å²) in [5.41, 5.74) is 0.958. The van der Waals surface area contributed by atoms with Crippen molar-refractivity contribution in [2.24, 2.45) is 0 Å². The van der Waals surface area contributed by atoms with E-state index in [-0.39, 0.29) is 5.91 Å². The monoisotopic (exact) mass is 309 g/mol. The van der Waals surface area contributed by atoms with E-state index in [1.165, 1.54) is 11.3 Å². The lowest BCUT2D eigenvalue weighted by molar-refractivity contribution is -0.132. The van der Waals surface area contributed by atoms with E-state index in [4.69, 9.17) is 4.74 Å². The Bertz CT molecular complexity index is 542. The zero-order valence-corrected chi connectivity index (χ0v) is 12.9. The number of thiazole rings is 1. The van der Waals surface area contributed by atoms with Crippen LogP contribution in [-0.4, -0.2) is 35.0 Å². The summed E-state index contributed by atoms with van der Waals surface area (Å²) in [5.74, 6) is 0.133. The molecular formula is C14H19N3O3S. The van der Waals surface area contributed by atoms with Crippen LogP contribution in [0.4, 0.5) is 9.93 Å². The molecule has 0 fully saturated rings. The molecule has 1 aliphatic heterocycles. The zero-order chi connectivity index (χ0) is 15.2. The third kappa shape index (κ3) is 4.04. The van der Waals surface area contributed by atoms with Gasteiger partial charge in [-0.25, -0.2) is 9.78 Å². The van der Waals surface area contributed by atoms with Crippen molar-refractivity contribution >= 4 is 28.5 Å². The highest BCUT2D eigenvalue weighted by Crippen LogP contribution is 2.28. The maximum absolute atomic E-state index is 12.0. The van der Waals surface area contributed by atoms with Crippen molar-refractivity contribution in [2.45, 2.75) is 32.7 Å². The van der Waals surface area contributed by atoms with Gasteiger partial charge in [0.2, 0.25) is 5.91 Å². The van der Waals surface area contributed by atoms with Gasteiger partial charge in [0, 0.05) is 24.3 Å². The number of fused-ring (bicyclic) bond motifs is 1. The van der Waals surface area contributed by atoms with Gasteiger partial charge in [-0.1, -0.05) is 17.4 Å². The van der Waals surface area contributed by atoms with Crippen LogP contribution in [0, 0.1) is 0 Å². The summed E-state index contributed by atoms with van der Waals surface area (Å²) in [6, 6.07) is 0. The highest BCUT2D eigenvalue weighted by atomic mass is 32.1. The number of anilines is 1. The van der Waals surface area contributed by atoms with Gasteiger partial charge in [0.25, 0.3) is 0 Å².